The van der Waals surface area contributed by atoms with Crippen LogP contribution in [0.4, 0.5) is 0 Å². The van der Waals surface area contributed by atoms with Crippen molar-refractivity contribution in [3.05, 3.63) is 64.6 Å². The third-order valence-electron chi connectivity index (χ3n) is 2.79. The SMILES string of the molecule is O=S(=O)(NC(CO)c1ccccc1)c1cccc(Br)c1. The van der Waals surface area contributed by atoms with E-state index in [-0.39, 0.29) is 11.5 Å². The largest absolute Gasteiger partial charge is 0.394 e. The first-order chi connectivity index (χ1) is 9.53. The number of rotatable bonds is 5. The highest BCUT2D eigenvalue weighted by Gasteiger charge is 2.20. The molecule has 6 heteroatoms. The molecule has 0 amide bonds. The van der Waals surface area contributed by atoms with Crippen molar-refractivity contribution in [3.8, 4) is 0 Å². The fourth-order valence-electron chi connectivity index (χ4n) is 1.79. The Morgan fingerprint density at radius 1 is 1.10 bits per heavy atom. The van der Waals surface area contributed by atoms with E-state index in [0.29, 0.717) is 10.0 Å². The zero-order valence-electron chi connectivity index (χ0n) is 10.5. The molecule has 0 bridgehead atoms. The molecule has 2 aromatic rings. The summed E-state index contributed by atoms with van der Waals surface area (Å²) >= 11 is 3.24. The zero-order chi connectivity index (χ0) is 14.6. The molecule has 4 nitrogen and oxygen atoms in total. The average Bonchev–Trinajstić information content (AvgIpc) is 2.46. The number of hydrogen-bond acceptors (Lipinski definition) is 3. The van der Waals surface area contributed by atoms with Crippen LogP contribution in [0.3, 0.4) is 0 Å². The molecule has 20 heavy (non-hydrogen) atoms. The van der Waals surface area contributed by atoms with E-state index in [4.69, 9.17) is 0 Å². The number of halogens is 1. The van der Waals surface area contributed by atoms with Gasteiger partial charge in [-0.2, -0.15) is 0 Å². The number of aliphatic hydroxyl groups is 1. The third kappa shape index (κ3) is 3.67. The summed E-state index contributed by atoms with van der Waals surface area (Å²) in [6.07, 6.45) is 0. The van der Waals surface area contributed by atoms with Crippen molar-refractivity contribution in [3.63, 3.8) is 0 Å². The molecular formula is C14H14BrNO3S. The minimum Gasteiger partial charge on any atom is -0.394 e. The van der Waals surface area contributed by atoms with E-state index in [1.807, 2.05) is 6.07 Å². The molecule has 2 rings (SSSR count). The van der Waals surface area contributed by atoms with Crippen molar-refractivity contribution in [2.24, 2.45) is 0 Å². The summed E-state index contributed by atoms with van der Waals surface area (Å²) in [5.41, 5.74) is 0.716. The molecule has 0 spiro atoms. The van der Waals surface area contributed by atoms with Crippen molar-refractivity contribution in [1.82, 2.24) is 4.72 Å². The maximum atomic E-state index is 12.3. The van der Waals surface area contributed by atoms with Gasteiger partial charge >= 0.3 is 0 Å². The van der Waals surface area contributed by atoms with Crippen LogP contribution in [-0.2, 0) is 10.0 Å². The van der Waals surface area contributed by atoms with Gasteiger partial charge < -0.3 is 5.11 Å². The van der Waals surface area contributed by atoms with E-state index in [0.717, 1.165) is 0 Å². The van der Waals surface area contributed by atoms with E-state index in [1.165, 1.54) is 12.1 Å². The molecule has 0 aliphatic carbocycles. The molecule has 0 aliphatic heterocycles. The van der Waals surface area contributed by atoms with Crippen LogP contribution in [0.5, 0.6) is 0 Å². The first-order valence-electron chi connectivity index (χ1n) is 5.96. The molecule has 0 heterocycles. The van der Waals surface area contributed by atoms with Gasteiger partial charge in [-0.25, -0.2) is 13.1 Å². The molecule has 1 atom stereocenters. The van der Waals surface area contributed by atoms with Crippen molar-refractivity contribution in [2.45, 2.75) is 10.9 Å². The van der Waals surface area contributed by atoms with Gasteiger partial charge in [-0.05, 0) is 23.8 Å². The molecule has 1 unspecified atom stereocenters. The van der Waals surface area contributed by atoms with Gasteiger partial charge in [0.15, 0.2) is 0 Å². The van der Waals surface area contributed by atoms with Crippen LogP contribution in [0.25, 0.3) is 0 Å². The Morgan fingerprint density at radius 3 is 2.40 bits per heavy atom. The third-order valence-corrected chi connectivity index (χ3v) is 4.75. The molecule has 0 aliphatic rings. The normalized spacial score (nSPS) is 13.1. The second kappa shape index (κ2) is 6.49. The predicted molar refractivity (Wildman–Crippen MR) is 80.7 cm³/mol. The lowest BCUT2D eigenvalue weighted by Crippen LogP contribution is -2.30. The van der Waals surface area contributed by atoms with Crippen molar-refractivity contribution < 1.29 is 13.5 Å². The molecule has 0 saturated heterocycles. The molecule has 0 aromatic heterocycles. The Labute approximate surface area is 126 Å². The summed E-state index contributed by atoms with van der Waals surface area (Å²) in [6.45, 7) is -0.308. The summed E-state index contributed by atoms with van der Waals surface area (Å²) in [6, 6.07) is 14.7. The average molecular weight is 356 g/mol. The van der Waals surface area contributed by atoms with Crippen LogP contribution in [0.2, 0.25) is 0 Å². The predicted octanol–water partition coefficient (Wildman–Crippen LogP) is 2.46. The number of sulfonamides is 1. The van der Waals surface area contributed by atoms with Crippen LogP contribution < -0.4 is 4.72 Å². The number of benzene rings is 2. The van der Waals surface area contributed by atoms with Gasteiger partial charge in [0.05, 0.1) is 17.5 Å². The maximum absolute atomic E-state index is 12.3. The molecule has 0 fully saturated rings. The maximum Gasteiger partial charge on any atom is 0.241 e. The Balaban J connectivity index is 2.27. The van der Waals surface area contributed by atoms with Crippen LogP contribution >= 0.6 is 15.9 Å². The van der Waals surface area contributed by atoms with Crippen LogP contribution in [0.1, 0.15) is 11.6 Å². The van der Waals surface area contributed by atoms with Crippen LogP contribution in [-0.4, -0.2) is 20.1 Å². The molecule has 106 valence electrons. The lowest BCUT2D eigenvalue weighted by Gasteiger charge is -2.17. The monoisotopic (exact) mass is 355 g/mol. The summed E-state index contributed by atoms with van der Waals surface area (Å²) in [5.74, 6) is 0. The quantitative estimate of drug-likeness (QED) is 0.865. The minimum atomic E-state index is -3.68. The van der Waals surface area contributed by atoms with Gasteiger partial charge in [0.1, 0.15) is 0 Å². The van der Waals surface area contributed by atoms with Gasteiger partial charge in [-0.15, -0.1) is 0 Å². The lowest BCUT2D eigenvalue weighted by atomic mass is 10.1. The number of hydrogen-bond donors (Lipinski definition) is 2. The van der Waals surface area contributed by atoms with E-state index >= 15 is 0 Å². The summed E-state index contributed by atoms with van der Waals surface area (Å²) in [4.78, 5) is 0.154. The first-order valence-corrected chi connectivity index (χ1v) is 8.24. The summed E-state index contributed by atoms with van der Waals surface area (Å²) in [5, 5.41) is 9.41. The van der Waals surface area contributed by atoms with Gasteiger partial charge in [0, 0.05) is 4.47 Å². The summed E-state index contributed by atoms with van der Waals surface area (Å²) < 4.78 is 27.8. The fraction of sp³-hybridized carbons (Fsp3) is 0.143. The zero-order valence-corrected chi connectivity index (χ0v) is 12.9. The molecule has 0 radical (unpaired) electrons. The first kappa shape index (κ1) is 15.2. The van der Waals surface area contributed by atoms with E-state index < -0.39 is 16.1 Å². The fourth-order valence-corrected chi connectivity index (χ4v) is 3.60. The van der Waals surface area contributed by atoms with E-state index in [2.05, 4.69) is 20.7 Å². The Kier molecular flexibility index (Phi) is 4.93. The molecule has 2 N–H and O–H groups in total. The molecule has 0 saturated carbocycles. The standard InChI is InChI=1S/C14H14BrNO3S/c15-12-7-4-8-13(9-12)20(18,19)16-14(10-17)11-5-2-1-3-6-11/h1-9,14,16-17H,10H2. The van der Waals surface area contributed by atoms with E-state index in [1.54, 1.807) is 36.4 Å². The number of aliphatic hydroxyl groups excluding tert-OH is 1. The smallest absolute Gasteiger partial charge is 0.241 e. The second-order valence-electron chi connectivity index (χ2n) is 4.22. The lowest BCUT2D eigenvalue weighted by molar-refractivity contribution is 0.259. The topological polar surface area (TPSA) is 66.4 Å². The highest BCUT2D eigenvalue weighted by Crippen LogP contribution is 2.19. The highest BCUT2D eigenvalue weighted by atomic mass is 79.9. The van der Waals surface area contributed by atoms with Gasteiger partial charge in [-0.1, -0.05) is 52.3 Å². The highest BCUT2D eigenvalue weighted by molar-refractivity contribution is 9.10. The van der Waals surface area contributed by atoms with Crippen molar-refractivity contribution in [2.75, 3.05) is 6.61 Å². The van der Waals surface area contributed by atoms with Gasteiger partial charge in [-0.3, -0.25) is 0 Å². The van der Waals surface area contributed by atoms with Crippen LogP contribution in [0.15, 0.2) is 64.0 Å². The Bertz CT molecular complexity index is 674. The van der Waals surface area contributed by atoms with Crippen LogP contribution in [0, 0.1) is 0 Å². The molecule has 2 aromatic carbocycles. The number of nitrogens with one attached hydrogen (secondary N) is 1. The molecular weight excluding hydrogens is 342 g/mol. The van der Waals surface area contributed by atoms with Gasteiger partial charge in [0.25, 0.3) is 0 Å². The second-order valence-corrected chi connectivity index (χ2v) is 6.85. The van der Waals surface area contributed by atoms with E-state index in [9.17, 15) is 13.5 Å². The van der Waals surface area contributed by atoms with Crippen molar-refractivity contribution >= 4 is 26.0 Å². The van der Waals surface area contributed by atoms with Crippen molar-refractivity contribution in [1.29, 1.82) is 0 Å². The van der Waals surface area contributed by atoms with Gasteiger partial charge in [0.2, 0.25) is 10.0 Å². The Hall–Kier alpha value is -1.21. The summed E-state index contributed by atoms with van der Waals surface area (Å²) in [7, 11) is -3.68. The Morgan fingerprint density at radius 2 is 1.80 bits per heavy atom. The minimum absolute atomic E-state index is 0.154.